The number of rotatable bonds is 5. The number of carbonyl (C=O) groups excluding carboxylic acids is 1. The molecule has 1 aromatic carbocycles. The Morgan fingerprint density at radius 3 is 2.52 bits per heavy atom. The van der Waals surface area contributed by atoms with Crippen LogP contribution in [0.15, 0.2) is 46.7 Å². The van der Waals surface area contributed by atoms with Crippen LogP contribution >= 0.6 is 11.3 Å². The third-order valence-corrected chi connectivity index (χ3v) is 8.00. The van der Waals surface area contributed by atoms with Crippen LogP contribution < -0.4 is 5.32 Å². The van der Waals surface area contributed by atoms with Crippen LogP contribution in [-0.4, -0.2) is 31.7 Å². The zero-order chi connectivity index (χ0) is 21.2. The molecule has 1 aromatic heterocycles. The second-order valence-electron chi connectivity index (χ2n) is 8.48. The number of hydrogen-bond acceptors (Lipinski definition) is 4. The molecule has 2 unspecified atom stereocenters. The zero-order valence-electron chi connectivity index (χ0n) is 16.9. The highest BCUT2D eigenvalue weighted by molar-refractivity contribution is 7.89. The molecule has 2 aromatic rings. The summed E-state index contributed by atoms with van der Waals surface area (Å²) in [6.07, 6.45) is 1.25. The minimum absolute atomic E-state index is 0.0473. The van der Waals surface area contributed by atoms with Crippen LogP contribution in [0.1, 0.15) is 44.5 Å². The molecule has 1 fully saturated rings. The molecule has 3 rings (SSSR count). The molecule has 2 heterocycles. The first-order valence-electron chi connectivity index (χ1n) is 9.68. The Morgan fingerprint density at radius 2 is 1.93 bits per heavy atom. The van der Waals surface area contributed by atoms with Gasteiger partial charge < -0.3 is 5.32 Å². The lowest BCUT2D eigenvalue weighted by atomic mass is 9.85. The van der Waals surface area contributed by atoms with E-state index in [1.807, 2.05) is 17.5 Å². The Kier molecular flexibility index (Phi) is 6.45. The van der Waals surface area contributed by atoms with Crippen LogP contribution in [-0.2, 0) is 14.8 Å². The van der Waals surface area contributed by atoms with Crippen LogP contribution in [0.2, 0.25) is 0 Å². The molecule has 0 radical (unpaired) electrons. The minimum Gasteiger partial charge on any atom is -0.348 e. The van der Waals surface area contributed by atoms with E-state index >= 15 is 0 Å². The molecular weight excluding hydrogens is 411 g/mol. The van der Waals surface area contributed by atoms with E-state index in [0.717, 1.165) is 17.0 Å². The quantitative estimate of drug-likeness (QED) is 0.761. The third-order valence-electron chi connectivity index (χ3n) is 5.19. The molecule has 29 heavy (non-hydrogen) atoms. The van der Waals surface area contributed by atoms with Gasteiger partial charge in [-0.05, 0) is 54.0 Å². The van der Waals surface area contributed by atoms with Crippen LogP contribution in [0, 0.1) is 17.2 Å². The smallest absolute Gasteiger partial charge is 0.243 e. The van der Waals surface area contributed by atoms with Gasteiger partial charge in [0.1, 0.15) is 5.82 Å². The van der Waals surface area contributed by atoms with Crippen LogP contribution in [0.5, 0.6) is 0 Å². The molecule has 1 amide bonds. The lowest BCUT2D eigenvalue weighted by Crippen LogP contribution is -2.47. The van der Waals surface area contributed by atoms with Gasteiger partial charge in [-0.15, -0.1) is 11.3 Å². The number of thiophene rings is 1. The van der Waals surface area contributed by atoms with Crippen molar-refractivity contribution in [2.75, 3.05) is 13.1 Å². The summed E-state index contributed by atoms with van der Waals surface area (Å²) >= 11 is 1.60. The van der Waals surface area contributed by atoms with Crippen LogP contribution in [0.3, 0.4) is 0 Å². The summed E-state index contributed by atoms with van der Waals surface area (Å²) in [5.41, 5.74) is -0.172. The average molecular weight is 439 g/mol. The summed E-state index contributed by atoms with van der Waals surface area (Å²) < 4.78 is 40.3. The number of halogens is 1. The van der Waals surface area contributed by atoms with Gasteiger partial charge in [0, 0.05) is 18.0 Å². The average Bonchev–Trinajstić information content (AvgIpc) is 3.19. The molecule has 1 aliphatic heterocycles. The maximum absolute atomic E-state index is 13.2. The van der Waals surface area contributed by atoms with Gasteiger partial charge in [-0.3, -0.25) is 4.79 Å². The molecule has 0 saturated carbocycles. The number of carbonyl (C=O) groups is 1. The maximum atomic E-state index is 13.2. The topological polar surface area (TPSA) is 66.5 Å². The van der Waals surface area contributed by atoms with Gasteiger partial charge in [0.25, 0.3) is 0 Å². The van der Waals surface area contributed by atoms with Crippen molar-refractivity contribution in [3.63, 3.8) is 0 Å². The Labute approximate surface area is 176 Å². The first-order chi connectivity index (χ1) is 13.6. The number of amides is 1. The predicted molar refractivity (Wildman–Crippen MR) is 113 cm³/mol. The van der Waals surface area contributed by atoms with E-state index in [9.17, 15) is 17.6 Å². The number of nitrogens with one attached hydrogen (secondary N) is 1. The van der Waals surface area contributed by atoms with E-state index < -0.39 is 21.8 Å². The SMILES string of the molecule is CC(C)(C)C(NC(=O)C1CCCN(S(=O)(=O)c2ccc(F)cc2)C1)c1cccs1. The van der Waals surface area contributed by atoms with E-state index in [-0.39, 0.29) is 28.8 Å². The van der Waals surface area contributed by atoms with Crippen LogP contribution in [0.4, 0.5) is 4.39 Å². The second kappa shape index (κ2) is 8.53. The molecule has 2 atom stereocenters. The summed E-state index contributed by atoms with van der Waals surface area (Å²) in [7, 11) is -3.76. The van der Waals surface area contributed by atoms with Gasteiger partial charge in [0.15, 0.2) is 0 Å². The number of nitrogens with zero attached hydrogens (tertiary/aromatic N) is 1. The molecule has 1 N–H and O–H groups in total. The van der Waals surface area contributed by atoms with Crippen molar-refractivity contribution >= 4 is 27.3 Å². The highest BCUT2D eigenvalue weighted by atomic mass is 32.2. The van der Waals surface area contributed by atoms with Crippen molar-refractivity contribution in [2.45, 2.75) is 44.6 Å². The van der Waals surface area contributed by atoms with Crippen molar-refractivity contribution in [3.8, 4) is 0 Å². The fourth-order valence-electron chi connectivity index (χ4n) is 3.56. The van der Waals surface area contributed by atoms with Gasteiger partial charge >= 0.3 is 0 Å². The van der Waals surface area contributed by atoms with Gasteiger partial charge in [0.2, 0.25) is 15.9 Å². The summed E-state index contributed by atoms with van der Waals surface area (Å²) in [5, 5.41) is 5.13. The second-order valence-corrected chi connectivity index (χ2v) is 11.4. The number of sulfonamides is 1. The first-order valence-corrected chi connectivity index (χ1v) is 12.0. The van der Waals surface area contributed by atoms with Gasteiger partial charge in [-0.2, -0.15) is 4.31 Å². The Hall–Kier alpha value is -1.77. The minimum atomic E-state index is -3.76. The van der Waals surface area contributed by atoms with Gasteiger partial charge in [0.05, 0.1) is 16.9 Å². The molecule has 1 aliphatic rings. The van der Waals surface area contributed by atoms with Crippen molar-refractivity contribution < 1.29 is 17.6 Å². The Morgan fingerprint density at radius 1 is 1.24 bits per heavy atom. The van der Waals surface area contributed by atoms with E-state index in [1.165, 1.54) is 16.4 Å². The monoisotopic (exact) mass is 438 g/mol. The molecule has 0 aliphatic carbocycles. The number of piperidine rings is 1. The summed E-state index contributed by atoms with van der Waals surface area (Å²) in [4.78, 5) is 14.2. The van der Waals surface area contributed by atoms with E-state index in [2.05, 4.69) is 26.1 Å². The van der Waals surface area contributed by atoms with Crippen molar-refractivity contribution in [3.05, 3.63) is 52.5 Å². The van der Waals surface area contributed by atoms with Crippen molar-refractivity contribution in [1.82, 2.24) is 9.62 Å². The molecule has 1 saturated heterocycles. The molecule has 0 spiro atoms. The number of benzene rings is 1. The molecule has 5 nitrogen and oxygen atoms in total. The fourth-order valence-corrected chi connectivity index (χ4v) is 6.10. The van der Waals surface area contributed by atoms with Gasteiger partial charge in [-0.1, -0.05) is 26.8 Å². The summed E-state index contributed by atoms with van der Waals surface area (Å²) in [6.45, 7) is 6.71. The largest absolute Gasteiger partial charge is 0.348 e. The van der Waals surface area contributed by atoms with Gasteiger partial charge in [-0.25, -0.2) is 12.8 Å². The summed E-state index contributed by atoms with van der Waals surface area (Å²) in [6, 6.07) is 8.63. The van der Waals surface area contributed by atoms with E-state index in [0.29, 0.717) is 19.4 Å². The van der Waals surface area contributed by atoms with E-state index in [4.69, 9.17) is 0 Å². The maximum Gasteiger partial charge on any atom is 0.243 e. The lowest BCUT2D eigenvalue weighted by Gasteiger charge is -2.35. The third kappa shape index (κ3) is 5.05. The van der Waals surface area contributed by atoms with Crippen molar-refractivity contribution in [2.24, 2.45) is 11.3 Å². The normalized spacial score (nSPS) is 19.7. The highest BCUT2D eigenvalue weighted by Crippen LogP contribution is 2.36. The molecule has 158 valence electrons. The lowest BCUT2D eigenvalue weighted by molar-refractivity contribution is -0.127. The highest BCUT2D eigenvalue weighted by Gasteiger charge is 2.36. The standard InChI is InChI=1S/C21H27FN2O3S2/c1-21(2,3)19(18-7-5-13-28-18)23-20(25)15-6-4-12-24(14-15)29(26,27)17-10-8-16(22)9-11-17/h5,7-11,13,15,19H,4,6,12,14H2,1-3H3,(H,23,25). The van der Waals surface area contributed by atoms with Crippen LogP contribution in [0.25, 0.3) is 0 Å². The Balaban J connectivity index is 1.74. The summed E-state index contributed by atoms with van der Waals surface area (Å²) in [5.74, 6) is -1.03. The number of hydrogen-bond donors (Lipinski definition) is 1. The Bertz CT molecular complexity index is 935. The van der Waals surface area contributed by atoms with E-state index in [1.54, 1.807) is 11.3 Å². The van der Waals surface area contributed by atoms with Crippen molar-refractivity contribution in [1.29, 1.82) is 0 Å². The fraction of sp³-hybridized carbons (Fsp3) is 0.476. The molecular formula is C21H27FN2O3S2. The molecule has 8 heteroatoms. The zero-order valence-corrected chi connectivity index (χ0v) is 18.5. The molecule has 0 bridgehead atoms. The predicted octanol–water partition coefficient (Wildman–Crippen LogP) is 4.19. The first kappa shape index (κ1) is 21.9.